The zero-order valence-electron chi connectivity index (χ0n) is 12.8. The standard InChI is InChI=1S/C18H20O3/c1-17(2,19)14-13-10-9-11-7-5-6-8-12(11)15(13)21-16(14)18(3,4)20/h5-10,19-20H,1-4H3. The van der Waals surface area contributed by atoms with Gasteiger partial charge in [0.15, 0.2) is 0 Å². The smallest absolute Gasteiger partial charge is 0.142 e. The Morgan fingerprint density at radius 2 is 1.48 bits per heavy atom. The number of hydrogen-bond donors (Lipinski definition) is 2. The van der Waals surface area contributed by atoms with E-state index in [-0.39, 0.29) is 0 Å². The predicted octanol–water partition coefficient (Wildman–Crippen LogP) is 4.04. The van der Waals surface area contributed by atoms with Gasteiger partial charge >= 0.3 is 0 Å². The summed E-state index contributed by atoms with van der Waals surface area (Å²) in [6.07, 6.45) is 0. The molecule has 0 saturated carbocycles. The van der Waals surface area contributed by atoms with Crippen LogP contribution in [0.4, 0.5) is 0 Å². The van der Waals surface area contributed by atoms with Gasteiger partial charge in [-0.2, -0.15) is 0 Å². The summed E-state index contributed by atoms with van der Waals surface area (Å²) in [6, 6.07) is 11.9. The van der Waals surface area contributed by atoms with Gasteiger partial charge in [-0.05, 0) is 33.1 Å². The Morgan fingerprint density at radius 3 is 2.10 bits per heavy atom. The van der Waals surface area contributed by atoms with Crippen LogP contribution in [0, 0.1) is 0 Å². The van der Waals surface area contributed by atoms with Crippen LogP contribution < -0.4 is 0 Å². The maximum absolute atomic E-state index is 10.5. The number of rotatable bonds is 2. The van der Waals surface area contributed by atoms with Gasteiger partial charge in [-0.15, -0.1) is 0 Å². The normalized spacial score (nSPS) is 13.2. The first-order valence-corrected chi connectivity index (χ1v) is 7.09. The molecule has 0 aliphatic heterocycles. The van der Waals surface area contributed by atoms with E-state index in [0.717, 1.165) is 16.2 Å². The summed E-state index contributed by atoms with van der Waals surface area (Å²) in [5.41, 5.74) is -0.892. The van der Waals surface area contributed by atoms with Crippen LogP contribution in [0.3, 0.4) is 0 Å². The largest absolute Gasteiger partial charge is 0.457 e. The summed E-state index contributed by atoms with van der Waals surface area (Å²) >= 11 is 0. The molecule has 21 heavy (non-hydrogen) atoms. The van der Waals surface area contributed by atoms with Gasteiger partial charge < -0.3 is 14.6 Å². The molecule has 110 valence electrons. The molecule has 1 aromatic heterocycles. The molecule has 1 heterocycles. The topological polar surface area (TPSA) is 53.6 Å². The van der Waals surface area contributed by atoms with Crippen molar-refractivity contribution in [2.24, 2.45) is 0 Å². The van der Waals surface area contributed by atoms with E-state index in [1.54, 1.807) is 27.7 Å². The lowest BCUT2D eigenvalue weighted by molar-refractivity contribution is 0.0363. The quantitative estimate of drug-likeness (QED) is 0.746. The third-order valence-corrected chi connectivity index (χ3v) is 3.75. The molecule has 3 rings (SSSR count). The molecule has 0 fully saturated rings. The van der Waals surface area contributed by atoms with E-state index >= 15 is 0 Å². The molecule has 0 aliphatic rings. The molecule has 3 aromatic rings. The van der Waals surface area contributed by atoms with Crippen LogP contribution in [-0.4, -0.2) is 10.2 Å². The molecule has 0 saturated heterocycles. The SMILES string of the molecule is CC(C)(O)c1oc2c(ccc3ccccc32)c1C(C)(C)O. The molecule has 0 radical (unpaired) electrons. The first kappa shape index (κ1) is 14.1. The van der Waals surface area contributed by atoms with E-state index < -0.39 is 11.2 Å². The highest BCUT2D eigenvalue weighted by Gasteiger charge is 2.34. The Labute approximate surface area is 123 Å². The highest BCUT2D eigenvalue weighted by Crippen LogP contribution is 2.41. The van der Waals surface area contributed by atoms with Gasteiger partial charge in [0.1, 0.15) is 16.9 Å². The fourth-order valence-corrected chi connectivity index (χ4v) is 2.86. The summed E-state index contributed by atoms with van der Waals surface area (Å²) in [7, 11) is 0. The zero-order chi connectivity index (χ0) is 15.4. The molecule has 0 bridgehead atoms. The molecule has 3 heteroatoms. The third-order valence-electron chi connectivity index (χ3n) is 3.75. The number of aliphatic hydroxyl groups is 2. The summed E-state index contributed by atoms with van der Waals surface area (Å²) < 4.78 is 5.99. The lowest BCUT2D eigenvalue weighted by Crippen LogP contribution is -2.24. The molecule has 0 amide bonds. The van der Waals surface area contributed by atoms with Crippen molar-refractivity contribution in [3.8, 4) is 0 Å². The number of fused-ring (bicyclic) bond motifs is 3. The summed E-state index contributed by atoms with van der Waals surface area (Å²) in [6.45, 7) is 6.76. The second-order valence-electron chi connectivity index (χ2n) is 6.59. The predicted molar refractivity (Wildman–Crippen MR) is 84.2 cm³/mol. The fourth-order valence-electron chi connectivity index (χ4n) is 2.86. The Hall–Kier alpha value is -1.84. The molecular weight excluding hydrogens is 264 g/mol. The lowest BCUT2D eigenvalue weighted by atomic mass is 9.89. The monoisotopic (exact) mass is 284 g/mol. The minimum Gasteiger partial charge on any atom is -0.457 e. The van der Waals surface area contributed by atoms with Crippen LogP contribution >= 0.6 is 0 Å². The summed E-state index contributed by atoms with van der Waals surface area (Å²) in [5, 5.41) is 23.8. The van der Waals surface area contributed by atoms with Gasteiger partial charge in [-0.25, -0.2) is 0 Å². The van der Waals surface area contributed by atoms with Gasteiger partial charge in [-0.1, -0.05) is 36.4 Å². The maximum atomic E-state index is 10.5. The van der Waals surface area contributed by atoms with Crippen molar-refractivity contribution in [2.45, 2.75) is 38.9 Å². The van der Waals surface area contributed by atoms with Gasteiger partial charge in [0, 0.05) is 16.3 Å². The Kier molecular flexibility index (Phi) is 2.91. The van der Waals surface area contributed by atoms with Crippen molar-refractivity contribution >= 4 is 21.7 Å². The van der Waals surface area contributed by atoms with Crippen LogP contribution in [0.5, 0.6) is 0 Å². The number of benzene rings is 2. The van der Waals surface area contributed by atoms with Crippen molar-refractivity contribution in [3.05, 3.63) is 47.7 Å². The van der Waals surface area contributed by atoms with Crippen LogP contribution in [0.1, 0.15) is 39.0 Å². The molecule has 3 nitrogen and oxygen atoms in total. The lowest BCUT2D eigenvalue weighted by Gasteiger charge is -2.23. The van der Waals surface area contributed by atoms with Crippen molar-refractivity contribution < 1.29 is 14.6 Å². The van der Waals surface area contributed by atoms with E-state index in [4.69, 9.17) is 4.42 Å². The zero-order valence-corrected chi connectivity index (χ0v) is 12.8. The average molecular weight is 284 g/mol. The first-order chi connectivity index (χ1) is 9.69. The van der Waals surface area contributed by atoms with Crippen molar-refractivity contribution in [1.29, 1.82) is 0 Å². The average Bonchev–Trinajstić information content (AvgIpc) is 2.78. The van der Waals surface area contributed by atoms with Crippen molar-refractivity contribution in [3.63, 3.8) is 0 Å². The Morgan fingerprint density at radius 1 is 0.810 bits per heavy atom. The number of furan rings is 1. The summed E-state index contributed by atoms with van der Waals surface area (Å²) in [4.78, 5) is 0. The molecule has 2 N–H and O–H groups in total. The van der Waals surface area contributed by atoms with Crippen LogP contribution in [0.2, 0.25) is 0 Å². The van der Waals surface area contributed by atoms with Crippen LogP contribution in [0.15, 0.2) is 40.8 Å². The molecule has 0 aliphatic carbocycles. The Bertz CT molecular complexity index is 814. The molecule has 0 unspecified atom stereocenters. The highest BCUT2D eigenvalue weighted by molar-refractivity contribution is 6.06. The second kappa shape index (κ2) is 4.33. The minimum absolute atomic E-state index is 0.418. The van der Waals surface area contributed by atoms with E-state index in [0.29, 0.717) is 16.9 Å². The summed E-state index contributed by atoms with van der Waals surface area (Å²) in [5.74, 6) is 0.418. The second-order valence-corrected chi connectivity index (χ2v) is 6.59. The van der Waals surface area contributed by atoms with Crippen LogP contribution in [-0.2, 0) is 11.2 Å². The highest BCUT2D eigenvalue weighted by atomic mass is 16.4. The molecular formula is C18H20O3. The van der Waals surface area contributed by atoms with Gasteiger partial charge in [-0.3, -0.25) is 0 Å². The minimum atomic E-state index is -1.16. The first-order valence-electron chi connectivity index (χ1n) is 7.09. The van der Waals surface area contributed by atoms with E-state index in [2.05, 4.69) is 0 Å². The van der Waals surface area contributed by atoms with Gasteiger partial charge in [0.2, 0.25) is 0 Å². The molecule has 0 spiro atoms. The van der Waals surface area contributed by atoms with Gasteiger partial charge in [0.05, 0.1) is 5.60 Å². The number of hydrogen-bond acceptors (Lipinski definition) is 3. The van der Waals surface area contributed by atoms with Crippen molar-refractivity contribution in [2.75, 3.05) is 0 Å². The van der Waals surface area contributed by atoms with Crippen LogP contribution in [0.25, 0.3) is 21.7 Å². The molecule has 2 aromatic carbocycles. The Balaban J connectivity index is 2.50. The third kappa shape index (κ3) is 2.23. The van der Waals surface area contributed by atoms with Crippen molar-refractivity contribution in [1.82, 2.24) is 0 Å². The molecule has 0 atom stereocenters. The fraction of sp³-hybridized carbons (Fsp3) is 0.333. The van der Waals surface area contributed by atoms with E-state index in [9.17, 15) is 10.2 Å². The maximum Gasteiger partial charge on any atom is 0.142 e. The van der Waals surface area contributed by atoms with E-state index in [1.807, 2.05) is 36.4 Å². The van der Waals surface area contributed by atoms with E-state index in [1.165, 1.54) is 0 Å². The van der Waals surface area contributed by atoms with Gasteiger partial charge in [0.25, 0.3) is 0 Å².